The Hall–Kier alpha value is -3.35. The normalized spacial score (nSPS) is 11.6. The van der Waals surface area contributed by atoms with Crippen LogP contribution >= 0.6 is 11.6 Å². The van der Waals surface area contributed by atoms with E-state index in [9.17, 15) is 10.1 Å². The van der Waals surface area contributed by atoms with Crippen LogP contribution in [-0.4, -0.2) is 5.97 Å². The van der Waals surface area contributed by atoms with Crippen LogP contribution in [-0.2, 0) is 5.41 Å². The molecule has 0 N–H and O–H groups in total. The van der Waals surface area contributed by atoms with Crippen molar-refractivity contribution in [2.45, 2.75) is 26.2 Å². The molecule has 3 rings (SSSR count). The first-order chi connectivity index (χ1) is 14.3. The average molecular weight is 416 g/mol. The van der Waals surface area contributed by atoms with E-state index in [0.717, 1.165) is 16.7 Å². The second-order valence-electron chi connectivity index (χ2n) is 7.96. The van der Waals surface area contributed by atoms with Crippen LogP contribution in [0.2, 0.25) is 5.02 Å². The maximum absolute atomic E-state index is 12.4. The van der Waals surface area contributed by atoms with Crippen LogP contribution in [0, 0.1) is 11.3 Å². The molecule has 4 heteroatoms. The molecule has 3 aromatic rings. The van der Waals surface area contributed by atoms with E-state index in [2.05, 4.69) is 26.8 Å². The van der Waals surface area contributed by atoms with Gasteiger partial charge >= 0.3 is 5.97 Å². The van der Waals surface area contributed by atoms with Gasteiger partial charge in [-0.25, -0.2) is 4.79 Å². The van der Waals surface area contributed by atoms with Crippen LogP contribution in [0.4, 0.5) is 0 Å². The number of esters is 1. The molecular formula is C26H22ClNO2. The molecule has 0 aliphatic heterocycles. The summed E-state index contributed by atoms with van der Waals surface area (Å²) in [6.07, 6.45) is 1.78. The standard InChI is InChI=1S/C26H22ClNO2/c1-26(2,3)22-10-6-20(7-11-22)25(29)30-24-14-4-18(5-15-24)16-21(17-28)19-8-12-23(27)13-9-19/h4-16H,1-3H3/b21-16-. The minimum atomic E-state index is -0.405. The van der Waals surface area contributed by atoms with Crippen molar-refractivity contribution in [1.29, 1.82) is 5.26 Å². The smallest absolute Gasteiger partial charge is 0.343 e. The van der Waals surface area contributed by atoms with Gasteiger partial charge in [-0.2, -0.15) is 5.26 Å². The third-order valence-electron chi connectivity index (χ3n) is 4.66. The quantitative estimate of drug-likeness (QED) is 0.201. The maximum atomic E-state index is 12.4. The molecule has 3 aromatic carbocycles. The van der Waals surface area contributed by atoms with Crippen molar-refractivity contribution < 1.29 is 9.53 Å². The van der Waals surface area contributed by atoms with Gasteiger partial charge in [0.05, 0.1) is 17.2 Å². The summed E-state index contributed by atoms with van der Waals surface area (Å²) in [5, 5.41) is 10.1. The molecule has 0 spiro atoms. The molecule has 0 unspecified atom stereocenters. The number of carbonyl (C=O) groups is 1. The number of hydrogen-bond acceptors (Lipinski definition) is 3. The number of halogens is 1. The minimum Gasteiger partial charge on any atom is -0.423 e. The highest BCUT2D eigenvalue weighted by Gasteiger charge is 2.15. The predicted octanol–water partition coefficient (Wildman–Crippen LogP) is 6.92. The second kappa shape index (κ2) is 8.98. The first-order valence-electron chi connectivity index (χ1n) is 9.57. The number of nitriles is 1. The third kappa shape index (κ3) is 5.37. The van der Waals surface area contributed by atoms with Gasteiger partial charge < -0.3 is 4.74 Å². The van der Waals surface area contributed by atoms with Gasteiger partial charge in [0.2, 0.25) is 0 Å². The van der Waals surface area contributed by atoms with Crippen molar-refractivity contribution >= 4 is 29.2 Å². The molecule has 0 fully saturated rings. The van der Waals surface area contributed by atoms with E-state index in [1.54, 1.807) is 66.7 Å². The zero-order valence-electron chi connectivity index (χ0n) is 17.1. The molecule has 0 atom stereocenters. The molecule has 0 aliphatic carbocycles. The van der Waals surface area contributed by atoms with Crippen LogP contribution in [0.5, 0.6) is 5.75 Å². The topological polar surface area (TPSA) is 50.1 Å². The number of nitrogens with zero attached hydrogens (tertiary/aromatic N) is 1. The Bertz CT molecular complexity index is 1100. The number of allylic oxidation sites excluding steroid dienone is 1. The van der Waals surface area contributed by atoms with Crippen molar-refractivity contribution in [3.8, 4) is 11.8 Å². The van der Waals surface area contributed by atoms with Crippen molar-refractivity contribution in [2.75, 3.05) is 0 Å². The van der Waals surface area contributed by atoms with Crippen LogP contribution in [0.3, 0.4) is 0 Å². The van der Waals surface area contributed by atoms with E-state index in [1.165, 1.54) is 0 Å². The second-order valence-corrected chi connectivity index (χ2v) is 8.40. The molecule has 0 amide bonds. The van der Waals surface area contributed by atoms with E-state index in [0.29, 0.717) is 21.9 Å². The fourth-order valence-electron chi connectivity index (χ4n) is 2.88. The van der Waals surface area contributed by atoms with Gasteiger partial charge in [-0.05, 0) is 64.6 Å². The molecule has 0 aliphatic rings. The lowest BCUT2D eigenvalue weighted by Gasteiger charge is -2.18. The van der Waals surface area contributed by atoms with Gasteiger partial charge in [0.25, 0.3) is 0 Å². The summed E-state index contributed by atoms with van der Waals surface area (Å²) in [5.74, 6) is 0.0414. The Morgan fingerprint density at radius 3 is 2.00 bits per heavy atom. The van der Waals surface area contributed by atoms with E-state index in [-0.39, 0.29) is 5.41 Å². The van der Waals surface area contributed by atoms with Gasteiger partial charge in [-0.1, -0.05) is 68.8 Å². The zero-order valence-corrected chi connectivity index (χ0v) is 17.9. The number of ether oxygens (including phenoxy) is 1. The highest BCUT2D eigenvalue weighted by molar-refractivity contribution is 6.30. The zero-order chi connectivity index (χ0) is 21.7. The fraction of sp³-hybridized carbons (Fsp3) is 0.154. The van der Waals surface area contributed by atoms with E-state index >= 15 is 0 Å². The highest BCUT2D eigenvalue weighted by Crippen LogP contribution is 2.24. The lowest BCUT2D eigenvalue weighted by Crippen LogP contribution is -2.12. The van der Waals surface area contributed by atoms with Gasteiger partial charge in [0, 0.05) is 5.02 Å². The molecular weight excluding hydrogens is 394 g/mol. The molecule has 0 saturated carbocycles. The van der Waals surface area contributed by atoms with Gasteiger partial charge in [-0.15, -0.1) is 0 Å². The summed E-state index contributed by atoms with van der Waals surface area (Å²) in [5.41, 5.74) is 3.83. The lowest BCUT2D eigenvalue weighted by molar-refractivity contribution is 0.0734. The molecule has 150 valence electrons. The van der Waals surface area contributed by atoms with Crippen LogP contribution in [0.25, 0.3) is 11.6 Å². The first kappa shape index (κ1) is 21.4. The van der Waals surface area contributed by atoms with Crippen molar-refractivity contribution in [3.63, 3.8) is 0 Å². The summed E-state index contributed by atoms with van der Waals surface area (Å²) >= 11 is 5.91. The average Bonchev–Trinajstić information content (AvgIpc) is 2.73. The fourth-order valence-corrected chi connectivity index (χ4v) is 3.01. The number of hydrogen-bond donors (Lipinski definition) is 0. The molecule has 0 heterocycles. The molecule has 0 aromatic heterocycles. The molecule has 0 saturated heterocycles. The third-order valence-corrected chi connectivity index (χ3v) is 4.92. The summed E-state index contributed by atoms with van der Waals surface area (Å²) in [7, 11) is 0. The molecule has 3 nitrogen and oxygen atoms in total. The lowest BCUT2D eigenvalue weighted by atomic mass is 9.87. The summed E-state index contributed by atoms with van der Waals surface area (Å²) in [6.45, 7) is 6.38. The summed E-state index contributed by atoms with van der Waals surface area (Å²) in [4.78, 5) is 12.4. The summed E-state index contributed by atoms with van der Waals surface area (Å²) < 4.78 is 5.47. The SMILES string of the molecule is CC(C)(C)c1ccc(C(=O)Oc2ccc(/C=C(/C#N)c3ccc(Cl)cc3)cc2)cc1. The van der Waals surface area contributed by atoms with Crippen LogP contribution < -0.4 is 4.74 Å². The minimum absolute atomic E-state index is 0.0279. The van der Waals surface area contributed by atoms with Crippen molar-refractivity contribution in [1.82, 2.24) is 0 Å². The summed E-state index contributed by atoms with van der Waals surface area (Å²) in [6, 6.07) is 23.8. The first-order valence-corrected chi connectivity index (χ1v) is 9.94. The Labute approximate surface area is 182 Å². The Kier molecular flexibility index (Phi) is 6.40. The molecule has 0 radical (unpaired) electrons. The number of benzene rings is 3. The predicted molar refractivity (Wildman–Crippen MR) is 121 cm³/mol. The van der Waals surface area contributed by atoms with Gasteiger partial charge in [-0.3, -0.25) is 0 Å². The molecule has 30 heavy (non-hydrogen) atoms. The van der Waals surface area contributed by atoms with Crippen molar-refractivity contribution in [3.05, 3.63) is 100 Å². The Morgan fingerprint density at radius 1 is 0.900 bits per heavy atom. The van der Waals surface area contributed by atoms with E-state index in [4.69, 9.17) is 16.3 Å². The number of carbonyl (C=O) groups excluding carboxylic acids is 1. The Balaban J connectivity index is 1.71. The Morgan fingerprint density at radius 2 is 1.47 bits per heavy atom. The maximum Gasteiger partial charge on any atom is 0.343 e. The highest BCUT2D eigenvalue weighted by atomic mass is 35.5. The van der Waals surface area contributed by atoms with Gasteiger partial charge in [0.15, 0.2) is 0 Å². The molecule has 0 bridgehead atoms. The van der Waals surface area contributed by atoms with Crippen LogP contribution in [0.1, 0.15) is 47.8 Å². The van der Waals surface area contributed by atoms with Gasteiger partial charge in [0.1, 0.15) is 5.75 Å². The monoisotopic (exact) mass is 415 g/mol. The largest absolute Gasteiger partial charge is 0.423 e. The van der Waals surface area contributed by atoms with Crippen molar-refractivity contribution in [2.24, 2.45) is 0 Å². The van der Waals surface area contributed by atoms with E-state index in [1.807, 2.05) is 12.1 Å². The number of rotatable bonds is 4. The van der Waals surface area contributed by atoms with Crippen LogP contribution in [0.15, 0.2) is 72.8 Å². The van der Waals surface area contributed by atoms with E-state index < -0.39 is 5.97 Å².